The monoisotopic (exact) mass is 523 g/mol. The van der Waals surface area contributed by atoms with Gasteiger partial charge >= 0.3 is 6.18 Å². The van der Waals surface area contributed by atoms with E-state index in [1.165, 1.54) is 6.07 Å². The molecule has 1 atom stereocenters. The maximum absolute atomic E-state index is 14.2. The van der Waals surface area contributed by atoms with Crippen molar-refractivity contribution in [3.8, 4) is 0 Å². The Morgan fingerprint density at radius 1 is 1.13 bits per heavy atom. The average Bonchev–Trinajstić information content (AvgIpc) is 3.73. The molecule has 38 heavy (non-hydrogen) atoms. The first-order chi connectivity index (χ1) is 18.1. The normalized spacial score (nSPS) is 15.3. The highest BCUT2D eigenvalue weighted by Gasteiger charge is 2.54. The van der Waals surface area contributed by atoms with Crippen LogP contribution in [0.25, 0.3) is 10.8 Å². The Morgan fingerprint density at radius 2 is 1.87 bits per heavy atom. The van der Waals surface area contributed by atoms with Gasteiger partial charge in [0.25, 0.3) is 5.56 Å². The maximum atomic E-state index is 14.2. The predicted molar refractivity (Wildman–Crippen MR) is 131 cm³/mol. The summed E-state index contributed by atoms with van der Waals surface area (Å²) < 4.78 is 39.1. The zero-order chi connectivity index (χ0) is 27.1. The summed E-state index contributed by atoms with van der Waals surface area (Å²) in [5, 5.41) is 7.46. The van der Waals surface area contributed by atoms with Gasteiger partial charge in [-0.1, -0.05) is 6.07 Å². The molecule has 1 unspecified atom stereocenters. The van der Waals surface area contributed by atoms with Crippen molar-refractivity contribution in [3.05, 3.63) is 93.7 Å². The molecule has 0 saturated heterocycles. The second-order valence-electron chi connectivity index (χ2n) is 9.30. The molecule has 1 fully saturated rings. The Labute approximate surface area is 214 Å². The van der Waals surface area contributed by atoms with Gasteiger partial charge in [0.05, 0.1) is 40.3 Å². The summed E-state index contributed by atoms with van der Waals surface area (Å²) in [6.07, 6.45) is 0.493. The van der Waals surface area contributed by atoms with E-state index in [0.29, 0.717) is 46.4 Å². The lowest BCUT2D eigenvalue weighted by Crippen LogP contribution is -2.41. The molecule has 0 bridgehead atoms. The van der Waals surface area contributed by atoms with Crippen molar-refractivity contribution in [1.29, 1.82) is 0 Å². The molecule has 1 aromatic carbocycles. The third kappa shape index (κ3) is 4.62. The van der Waals surface area contributed by atoms with Crippen LogP contribution in [-0.2, 0) is 29.5 Å². The van der Waals surface area contributed by atoms with E-state index >= 15 is 0 Å². The Balaban J connectivity index is 1.53. The fourth-order valence-corrected chi connectivity index (χ4v) is 4.61. The smallest absolute Gasteiger partial charge is 0.326 e. The number of nitrogens with one attached hydrogen (secondary N) is 1. The summed E-state index contributed by atoms with van der Waals surface area (Å²) in [5.41, 5.74) is 5.23. The van der Waals surface area contributed by atoms with Crippen molar-refractivity contribution in [2.75, 3.05) is 0 Å². The zero-order valence-corrected chi connectivity index (χ0v) is 20.4. The molecule has 3 aromatic heterocycles. The van der Waals surface area contributed by atoms with E-state index in [1.54, 1.807) is 48.5 Å². The largest absolute Gasteiger partial charge is 0.417 e. The number of rotatable bonds is 7. The van der Waals surface area contributed by atoms with Crippen LogP contribution >= 0.6 is 0 Å². The third-order valence-electron chi connectivity index (χ3n) is 6.95. The number of benzene rings is 1. The number of carbonyl (C=O) groups excluding carboxylic acids is 1. The van der Waals surface area contributed by atoms with Crippen LogP contribution in [-0.4, -0.2) is 36.0 Å². The number of halogens is 3. The molecule has 4 aromatic rings. The van der Waals surface area contributed by atoms with Gasteiger partial charge in [0, 0.05) is 30.5 Å². The van der Waals surface area contributed by atoms with Crippen LogP contribution in [0.4, 0.5) is 13.2 Å². The minimum Gasteiger partial charge on any atom is -0.326 e. The summed E-state index contributed by atoms with van der Waals surface area (Å²) in [6.45, 7) is 1.83. The fraction of sp³-hybridized carbons (Fsp3) is 0.308. The fourth-order valence-electron chi connectivity index (χ4n) is 4.61. The summed E-state index contributed by atoms with van der Waals surface area (Å²) in [7, 11) is 0. The van der Waals surface area contributed by atoms with Crippen molar-refractivity contribution in [3.63, 3.8) is 0 Å². The number of alkyl halides is 3. The lowest BCUT2D eigenvalue weighted by Gasteiger charge is -2.32. The Morgan fingerprint density at radius 3 is 2.47 bits per heavy atom. The van der Waals surface area contributed by atoms with Gasteiger partial charge < -0.3 is 10.6 Å². The number of aromatic amines is 1. The molecule has 0 spiro atoms. The molecule has 1 aliphatic carbocycles. The van der Waals surface area contributed by atoms with Crippen LogP contribution < -0.4 is 11.3 Å². The van der Waals surface area contributed by atoms with E-state index in [4.69, 9.17) is 5.73 Å². The molecule has 1 saturated carbocycles. The number of aromatic nitrogens is 5. The number of pyridine rings is 1. The highest BCUT2D eigenvalue weighted by atomic mass is 19.4. The summed E-state index contributed by atoms with van der Waals surface area (Å²) >= 11 is 0. The van der Waals surface area contributed by atoms with Gasteiger partial charge in [-0.3, -0.25) is 14.6 Å². The minimum atomic E-state index is -4.51. The molecule has 3 N–H and O–H groups in total. The van der Waals surface area contributed by atoms with Crippen LogP contribution in [0.15, 0.2) is 59.8 Å². The van der Waals surface area contributed by atoms with Gasteiger partial charge in [0.1, 0.15) is 5.82 Å². The third-order valence-corrected chi connectivity index (χ3v) is 6.95. The van der Waals surface area contributed by atoms with Crippen molar-refractivity contribution in [2.24, 2.45) is 5.73 Å². The van der Waals surface area contributed by atoms with Crippen molar-refractivity contribution in [1.82, 2.24) is 30.0 Å². The van der Waals surface area contributed by atoms with Crippen LogP contribution in [0.2, 0.25) is 0 Å². The van der Waals surface area contributed by atoms with Gasteiger partial charge in [-0.05, 0) is 55.7 Å². The number of hydrogen-bond acceptors (Lipinski definition) is 7. The molecule has 3 heterocycles. The quantitative estimate of drug-likeness (QED) is 0.380. The number of nitrogens with two attached hydrogens (primary N) is 1. The maximum Gasteiger partial charge on any atom is 0.417 e. The number of H-pyrrole nitrogens is 1. The van der Waals surface area contributed by atoms with Crippen LogP contribution in [0.1, 0.15) is 54.1 Å². The van der Waals surface area contributed by atoms with Gasteiger partial charge in [-0.15, -0.1) is 0 Å². The van der Waals surface area contributed by atoms with Crippen molar-refractivity contribution < 1.29 is 18.0 Å². The number of fused-ring (bicyclic) bond motifs is 1. The highest BCUT2D eigenvalue weighted by Crippen LogP contribution is 2.51. The topological polar surface area (TPSA) is 131 Å². The van der Waals surface area contributed by atoms with E-state index < -0.39 is 23.2 Å². The first kappa shape index (κ1) is 25.5. The zero-order valence-electron chi connectivity index (χ0n) is 20.4. The molecule has 0 aliphatic heterocycles. The predicted octanol–water partition coefficient (Wildman–Crippen LogP) is 3.41. The Hall–Kier alpha value is -4.19. The molecular formula is C26H24F3N7O2. The summed E-state index contributed by atoms with van der Waals surface area (Å²) in [5.74, 6) is 0.161. The number of nitrogens with zero attached hydrogens (tertiary/aromatic N) is 5. The number of carbonyl (C=O) groups is 1. The van der Waals surface area contributed by atoms with Crippen LogP contribution in [0, 0.1) is 0 Å². The van der Waals surface area contributed by atoms with Gasteiger partial charge in [0.2, 0.25) is 5.91 Å². The molecule has 0 radical (unpaired) electrons. The van der Waals surface area contributed by atoms with E-state index in [9.17, 15) is 22.8 Å². The van der Waals surface area contributed by atoms with Crippen molar-refractivity contribution in [2.45, 2.75) is 50.5 Å². The second kappa shape index (κ2) is 9.60. The molecule has 12 heteroatoms. The first-order valence-electron chi connectivity index (χ1n) is 12.0. The van der Waals surface area contributed by atoms with Crippen molar-refractivity contribution >= 4 is 16.7 Å². The molecular weight excluding hydrogens is 499 g/mol. The second-order valence-corrected chi connectivity index (χ2v) is 9.30. The SMILES string of the molecule is CC(c1ncccn1)N(Cc1ccc(C(F)(F)F)cn1)C(=O)C1(c2ccc3c(=O)[nH]nc(CN)c3c2)CC1. The molecule has 196 valence electrons. The van der Waals surface area contributed by atoms with E-state index in [1.807, 2.05) is 0 Å². The van der Waals surface area contributed by atoms with Gasteiger partial charge in [-0.2, -0.15) is 18.3 Å². The minimum absolute atomic E-state index is 0.0407. The average molecular weight is 524 g/mol. The Kier molecular flexibility index (Phi) is 6.43. The molecule has 5 rings (SSSR count). The lowest BCUT2D eigenvalue weighted by atomic mass is 9.91. The molecule has 1 amide bonds. The van der Waals surface area contributed by atoms with Gasteiger partial charge in [-0.25, -0.2) is 15.1 Å². The molecule has 9 nitrogen and oxygen atoms in total. The van der Waals surface area contributed by atoms with Gasteiger partial charge in [0.15, 0.2) is 0 Å². The van der Waals surface area contributed by atoms with Crippen LogP contribution in [0.3, 0.4) is 0 Å². The highest BCUT2D eigenvalue weighted by molar-refractivity contribution is 5.94. The summed E-state index contributed by atoms with van der Waals surface area (Å²) in [4.78, 5) is 40.5. The van der Waals surface area contributed by atoms with E-state index in [0.717, 1.165) is 12.3 Å². The standard InChI is InChI=1S/C26H24F3N7O2/c1-15(22-31-9-2-10-32-22)36(14-18-5-3-17(13-33-18)26(27,28)29)24(38)25(7-8-25)16-4-6-19-20(11-16)21(12-30)34-35-23(19)37/h2-6,9-11,13,15H,7-8,12,14,30H2,1H3,(H,35,37). The van der Waals surface area contributed by atoms with Crippen LogP contribution in [0.5, 0.6) is 0 Å². The molecule has 1 aliphatic rings. The number of hydrogen-bond donors (Lipinski definition) is 2. The summed E-state index contributed by atoms with van der Waals surface area (Å²) in [6, 6.07) is 8.47. The lowest BCUT2D eigenvalue weighted by molar-refractivity contribution is -0.138. The Bertz CT molecular complexity index is 1540. The number of amides is 1. The first-order valence-corrected chi connectivity index (χ1v) is 12.0. The van der Waals surface area contributed by atoms with E-state index in [2.05, 4.69) is 25.1 Å². The van der Waals surface area contributed by atoms with E-state index in [-0.39, 0.29) is 24.6 Å².